The van der Waals surface area contributed by atoms with E-state index in [2.05, 4.69) is 15.3 Å². The summed E-state index contributed by atoms with van der Waals surface area (Å²) < 4.78 is 5.17. The van der Waals surface area contributed by atoms with Gasteiger partial charge in [0.2, 0.25) is 5.95 Å². The van der Waals surface area contributed by atoms with E-state index in [1.165, 1.54) is 0 Å². The van der Waals surface area contributed by atoms with Gasteiger partial charge in [-0.05, 0) is 12.1 Å². The van der Waals surface area contributed by atoms with Crippen molar-refractivity contribution in [2.75, 3.05) is 25.2 Å². The van der Waals surface area contributed by atoms with Gasteiger partial charge >= 0.3 is 0 Å². The number of nitrogens with zero attached hydrogens (tertiary/aromatic N) is 2. The molecule has 88 valence electrons. The van der Waals surface area contributed by atoms with Crippen LogP contribution in [0.5, 0.6) is 5.75 Å². The first kappa shape index (κ1) is 11.2. The standard InChI is InChI=1S/C12H14N4O/c1-14-11-7-10(15-12(13)16-11)8-4-3-5-9(6-8)17-2/h3-7H,1-2H3,(H3,13,14,15,16). The molecule has 5 nitrogen and oxygen atoms in total. The third kappa shape index (κ3) is 2.44. The zero-order valence-corrected chi connectivity index (χ0v) is 9.77. The van der Waals surface area contributed by atoms with E-state index >= 15 is 0 Å². The minimum absolute atomic E-state index is 0.245. The summed E-state index contributed by atoms with van der Waals surface area (Å²) in [5.41, 5.74) is 7.35. The highest BCUT2D eigenvalue weighted by molar-refractivity contribution is 5.65. The fourth-order valence-electron chi connectivity index (χ4n) is 1.52. The van der Waals surface area contributed by atoms with Crippen molar-refractivity contribution in [2.45, 2.75) is 0 Å². The summed E-state index contributed by atoms with van der Waals surface area (Å²) in [5.74, 6) is 1.72. The first-order valence-electron chi connectivity index (χ1n) is 5.19. The molecule has 0 aliphatic heterocycles. The van der Waals surface area contributed by atoms with Crippen LogP contribution in [0.1, 0.15) is 0 Å². The molecule has 1 aromatic heterocycles. The molecule has 0 fully saturated rings. The van der Waals surface area contributed by atoms with Gasteiger partial charge in [-0.25, -0.2) is 4.98 Å². The molecule has 2 aromatic rings. The molecule has 0 atom stereocenters. The third-order valence-corrected chi connectivity index (χ3v) is 2.37. The Morgan fingerprint density at radius 1 is 1.24 bits per heavy atom. The number of hydrogen-bond acceptors (Lipinski definition) is 5. The largest absolute Gasteiger partial charge is 0.497 e. The highest BCUT2D eigenvalue weighted by Crippen LogP contribution is 2.24. The lowest BCUT2D eigenvalue weighted by Gasteiger charge is -2.06. The third-order valence-electron chi connectivity index (χ3n) is 2.37. The molecule has 0 saturated carbocycles. The molecular weight excluding hydrogens is 216 g/mol. The number of methoxy groups -OCH3 is 1. The summed E-state index contributed by atoms with van der Waals surface area (Å²) in [7, 11) is 3.42. The summed E-state index contributed by atoms with van der Waals surface area (Å²) in [6, 6.07) is 9.48. The minimum Gasteiger partial charge on any atom is -0.497 e. The number of anilines is 2. The first-order chi connectivity index (χ1) is 8.22. The quantitative estimate of drug-likeness (QED) is 0.840. The average Bonchev–Trinajstić information content (AvgIpc) is 2.38. The van der Waals surface area contributed by atoms with Crippen LogP contribution in [0.25, 0.3) is 11.3 Å². The molecule has 0 bridgehead atoms. The van der Waals surface area contributed by atoms with Crippen LogP contribution in [-0.4, -0.2) is 24.1 Å². The highest BCUT2D eigenvalue weighted by Gasteiger charge is 2.04. The Bertz CT molecular complexity index is 528. The Hall–Kier alpha value is -2.30. The van der Waals surface area contributed by atoms with Crippen molar-refractivity contribution in [3.8, 4) is 17.0 Å². The van der Waals surface area contributed by atoms with Crippen LogP contribution >= 0.6 is 0 Å². The van der Waals surface area contributed by atoms with E-state index < -0.39 is 0 Å². The number of nitrogens with two attached hydrogens (primary N) is 1. The number of rotatable bonds is 3. The second-order valence-electron chi connectivity index (χ2n) is 3.48. The molecule has 0 amide bonds. The van der Waals surface area contributed by atoms with E-state index in [-0.39, 0.29) is 5.95 Å². The lowest BCUT2D eigenvalue weighted by molar-refractivity contribution is 0.415. The topological polar surface area (TPSA) is 73.1 Å². The highest BCUT2D eigenvalue weighted by atomic mass is 16.5. The fourth-order valence-corrected chi connectivity index (χ4v) is 1.52. The van der Waals surface area contributed by atoms with Crippen molar-refractivity contribution < 1.29 is 4.74 Å². The number of aromatic nitrogens is 2. The van der Waals surface area contributed by atoms with Crippen LogP contribution in [0.2, 0.25) is 0 Å². The molecule has 1 aromatic carbocycles. The van der Waals surface area contributed by atoms with Crippen LogP contribution in [0.4, 0.5) is 11.8 Å². The minimum atomic E-state index is 0.245. The van der Waals surface area contributed by atoms with Crippen molar-refractivity contribution >= 4 is 11.8 Å². The summed E-state index contributed by atoms with van der Waals surface area (Å²) in [5, 5.41) is 2.94. The zero-order chi connectivity index (χ0) is 12.3. The second kappa shape index (κ2) is 4.69. The van der Waals surface area contributed by atoms with Crippen molar-refractivity contribution in [1.29, 1.82) is 0 Å². The van der Waals surface area contributed by atoms with E-state index in [4.69, 9.17) is 10.5 Å². The van der Waals surface area contributed by atoms with Crippen LogP contribution in [0.3, 0.4) is 0 Å². The van der Waals surface area contributed by atoms with E-state index in [9.17, 15) is 0 Å². The molecule has 1 heterocycles. The number of nitrogen functional groups attached to an aromatic ring is 1. The lowest BCUT2D eigenvalue weighted by atomic mass is 10.1. The van der Waals surface area contributed by atoms with Crippen LogP contribution < -0.4 is 15.8 Å². The van der Waals surface area contributed by atoms with Gasteiger partial charge in [0.1, 0.15) is 11.6 Å². The van der Waals surface area contributed by atoms with E-state index in [1.54, 1.807) is 14.2 Å². The predicted molar refractivity (Wildman–Crippen MR) is 68.0 cm³/mol. The predicted octanol–water partition coefficient (Wildman–Crippen LogP) is 1.78. The van der Waals surface area contributed by atoms with Gasteiger partial charge in [-0.1, -0.05) is 12.1 Å². The maximum Gasteiger partial charge on any atom is 0.222 e. The molecule has 0 aliphatic carbocycles. The Morgan fingerprint density at radius 3 is 2.76 bits per heavy atom. The first-order valence-corrected chi connectivity index (χ1v) is 5.19. The van der Waals surface area contributed by atoms with Crippen LogP contribution in [0.15, 0.2) is 30.3 Å². The van der Waals surface area contributed by atoms with Crippen LogP contribution in [-0.2, 0) is 0 Å². The molecule has 0 unspecified atom stereocenters. The number of nitrogens with one attached hydrogen (secondary N) is 1. The van der Waals surface area contributed by atoms with Crippen LogP contribution in [0, 0.1) is 0 Å². The van der Waals surface area contributed by atoms with E-state index in [0.717, 1.165) is 17.0 Å². The smallest absolute Gasteiger partial charge is 0.222 e. The molecular formula is C12H14N4O. The summed E-state index contributed by atoms with van der Waals surface area (Å²) in [6.45, 7) is 0. The maximum atomic E-state index is 5.65. The number of hydrogen-bond donors (Lipinski definition) is 2. The van der Waals surface area contributed by atoms with E-state index in [0.29, 0.717) is 5.82 Å². The molecule has 0 saturated heterocycles. The Balaban J connectivity index is 2.47. The zero-order valence-electron chi connectivity index (χ0n) is 9.77. The molecule has 5 heteroatoms. The van der Waals surface area contributed by atoms with Gasteiger partial charge in [-0.15, -0.1) is 0 Å². The van der Waals surface area contributed by atoms with Crippen molar-refractivity contribution in [1.82, 2.24) is 9.97 Å². The van der Waals surface area contributed by atoms with Gasteiger partial charge in [0.05, 0.1) is 12.8 Å². The van der Waals surface area contributed by atoms with E-state index in [1.807, 2.05) is 30.3 Å². The molecule has 2 rings (SSSR count). The normalized spacial score (nSPS) is 10.0. The Morgan fingerprint density at radius 2 is 2.06 bits per heavy atom. The fraction of sp³-hybridized carbons (Fsp3) is 0.167. The van der Waals surface area contributed by atoms with Gasteiger partial charge in [-0.2, -0.15) is 4.98 Å². The molecule has 0 radical (unpaired) electrons. The Labute approximate surface area is 99.7 Å². The molecule has 0 aliphatic rings. The molecule has 0 spiro atoms. The second-order valence-corrected chi connectivity index (χ2v) is 3.48. The number of benzene rings is 1. The van der Waals surface area contributed by atoms with Gasteiger partial charge in [0, 0.05) is 18.7 Å². The SMILES string of the molecule is CNc1cc(-c2cccc(OC)c2)nc(N)n1. The molecule has 3 N–H and O–H groups in total. The van der Waals surface area contributed by atoms with Gasteiger partial charge in [0.25, 0.3) is 0 Å². The van der Waals surface area contributed by atoms with Gasteiger partial charge in [0.15, 0.2) is 0 Å². The lowest BCUT2D eigenvalue weighted by Crippen LogP contribution is -2.01. The maximum absolute atomic E-state index is 5.65. The summed E-state index contributed by atoms with van der Waals surface area (Å²) in [4.78, 5) is 8.24. The van der Waals surface area contributed by atoms with Crippen molar-refractivity contribution in [3.63, 3.8) is 0 Å². The molecule has 17 heavy (non-hydrogen) atoms. The van der Waals surface area contributed by atoms with Gasteiger partial charge < -0.3 is 15.8 Å². The van der Waals surface area contributed by atoms with Crippen molar-refractivity contribution in [3.05, 3.63) is 30.3 Å². The average molecular weight is 230 g/mol. The summed E-state index contributed by atoms with van der Waals surface area (Å²) >= 11 is 0. The van der Waals surface area contributed by atoms with Crippen molar-refractivity contribution in [2.24, 2.45) is 0 Å². The Kier molecular flexibility index (Phi) is 3.09. The monoisotopic (exact) mass is 230 g/mol. The number of ether oxygens (including phenoxy) is 1. The van der Waals surface area contributed by atoms with Gasteiger partial charge in [-0.3, -0.25) is 0 Å². The summed E-state index contributed by atoms with van der Waals surface area (Å²) in [6.07, 6.45) is 0.